The summed E-state index contributed by atoms with van der Waals surface area (Å²) in [4.78, 5) is 1.32. The lowest BCUT2D eigenvalue weighted by molar-refractivity contribution is 1.05. The summed E-state index contributed by atoms with van der Waals surface area (Å²) >= 11 is 9.20. The van der Waals surface area contributed by atoms with Crippen LogP contribution in [0.3, 0.4) is 0 Å². The molecule has 0 fully saturated rings. The second-order valence-corrected chi connectivity index (χ2v) is 5.21. The number of thiophene rings is 1. The van der Waals surface area contributed by atoms with Crippen LogP contribution >= 0.6 is 34.7 Å². The quantitative estimate of drug-likeness (QED) is 0.728. The standard InChI is InChI=1S/C8H10ClS2/c1-6(10-2)5-7-3-4-8(9)11-7/h3-4,6H,1,5H2,2H3. The third-order valence-corrected chi connectivity index (χ3v) is 3.48. The Morgan fingerprint density at radius 3 is 2.91 bits per heavy atom. The third kappa shape index (κ3) is 3.06. The molecule has 1 unspecified atom stereocenters. The van der Waals surface area contributed by atoms with Crippen molar-refractivity contribution in [3.63, 3.8) is 0 Å². The molecule has 1 heterocycles. The summed E-state index contributed by atoms with van der Waals surface area (Å²) in [7, 11) is 0. The number of halogens is 1. The van der Waals surface area contributed by atoms with Crippen molar-refractivity contribution in [1.82, 2.24) is 0 Å². The summed E-state index contributed by atoms with van der Waals surface area (Å²) in [6.45, 7) is 3.99. The minimum absolute atomic E-state index is 0.449. The highest BCUT2D eigenvalue weighted by Gasteiger charge is 2.03. The van der Waals surface area contributed by atoms with Gasteiger partial charge >= 0.3 is 0 Å². The monoisotopic (exact) mass is 205 g/mol. The molecule has 0 spiro atoms. The molecular weight excluding hydrogens is 196 g/mol. The minimum atomic E-state index is 0.449. The Hall–Kier alpha value is 0.340. The number of hydrogen-bond acceptors (Lipinski definition) is 2. The van der Waals surface area contributed by atoms with Crippen molar-refractivity contribution < 1.29 is 0 Å². The Balaban J connectivity index is 2.50. The van der Waals surface area contributed by atoms with E-state index in [2.05, 4.69) is 19.2 Å². The van der Waals surface area contributed by atoms with Gasteiger partial charge in [0.25, 0.3) is 0 Å². The maximum atomic E-state index is 5.78. The Kier molecular flexibility index (Phi) is 3.76. The lowest BCUT2D eigenvalue weighted by Crippen LogP contribution is -1.98. The molecule has 1 rings (SSSR count). The molecular formula is C8H10ClS2. The molecule has 11 heavy (non-hydrogen) atoms. The second-order valence-electron chi connectivity index (χ2n) is 2.27. The first-order valence-corrected chi connectivity index (χ1v) is 5.80. The fourth-order valence-corrected chi connectivity index (χ4v) is 2.39. The van der Waals surface area contributed by atoms with Gasteiger partial charge in [-0.2, -0.15) is 11.8 Å². The van der Waals surface area contributed by atoms with Gasteiger partial charge in [-0.3, -0.25) is 0 Å². The average Bonchev–Trinajstić information content (AvgIpc) is 2.35. The molecule has 0 aliphatic carbocycles. The molecule has 3 heteroatoms. The molecule has 0 amide bonds. The van der Waals surface area contributed by atoms with Gasteiger partial charge in [0.15, 0.2) is 0 Å². The van der Waals surface area contributed by atoms with Crippen molar-refractivity contribution >= 4 is 34.7 Å². The zero-order valence-corrected chi connectivity index (χ0v) is 8.73. The van der Waals surface area contributed by atoms with E-state index in [1.165, 1.54) is 4.88 Å². The Labute approximate surface area is 81.0 Å². The van der Waals surface area contributed by atoms with E-state index in [-0.39, 0.29) is 0 Å². The Morgan fingerprint density at radius 1 is 1.73 bits per heavy atom. The van der Waals surface area contributed by atoms with Crippen molar-refractivity contribution in [3.8, 4) is 0 Å². The normalized spacial score (nSPS) is 13.4. The molecule has 0 aromatic carbocycles. The molecule has 1 aromatic heterocycles. The van der Waals surface area contributed by atoms with Gasteiger partial charge in [-0.05, 0) is 31.7 Å². The first kappa shape index (κ1) is 9.43. The van der Waals surface area contributed by atoms with Crippen LogP contribution in [0.25, 0.3) is 0 Å². The predicted octanol–water partition coefficient (Wildman–Crippen LogP) is 3.51. The summed E-state index contributed by atoms with van der Waals surface area (Å²) in [5.41, 5.74) is 0. The van der Waals surface area contributed by atoms with Gasteiger partial charge in [0.05, 0.1) is 4.34 Å². The van der Waals surface area contributed by atoms with E-state index in [9.17, 15) is 0 Å². The third-order valence-electron chi connectivity index (χ3n) is 1.39. The smallest absolute Gasteiger partial charge is 0.0931 e. The molecule has 61 valence electrons. The summed E-state index contributed by atoms with van der Waals surface area (Å²) in [5, 5.41) is 0.449. The summed E-state index contributed by atoms with van der Waals surface area (Å²) < 4.78 is 0.869. The van der Waals surface area contributed by atoms with Gasteiger partial charge in [-0.25, -0.2) is 0 Å². The van der Waals surface area contributed by atoms with E-state index < -0.39 is 0 Å². The highest BCUT2D eigenvalue weighted by molar-refractivity contribution is 7.99. The van der Waals surface area contributed by atoms with E-state index in [0.29, 0.717) is 5.25 Å². The van der Waals surface area contributed by atoms with E-state index in [1.54, 1.807) is 23.1 Å². The van der Waals surface area contributed by atoms with Crippen LogP contribution in [0.15, 0.2) is 12.1 Å². The van der Waals surface area contributed by atoms with Crippen LogP contribution in [-0.2, 0) is 6.42 Å². The van der Waals surface area contributed by atoms with E-state index in [4.69, 9.17) is 11.6 Å². The van der Waals surface area contributed by atoms with Gasteiger partial charge < -0.3 is 0 Å². The first-order chi connectivity index (χ1) is 5.22. The molecule has 1 radical (unpaired) electrons. The van der Waals surface area contributed by atoms with Crippen molar-refractivity contribution in [1.29, 1.82) is 0 Å². The van der Waals surface area contributed by atoms with Crippen LogP contribution in [0.1, 0.15) is 4.88 Å². The lowest BCUT2D eigenvalue weighted by atomic mass is 10.3. The Morgan fingerprint density at radius 2 is 2.45 bits per heavy atom. The van der Waals surface area contributed by atoms with Crippen LogP contribution in [-0.4, -0.2) is 11.5 Å². The molecule has 0 nitrogen and oxygen atoms in total. The Bertz CT molecular complexity index is 220. The van der Waals surface area contributed by atoms with Gasteiger partial charge in [-0.15, -0.1) is 11.3 Å². The molecule has 1 aromatic rings. The molecule has 1 atom stereocenters. The summed E-state index contributed by atoms with van der Waals surface area (Å²) in [6, 6.07) is 4.01. The van der Waals surface area contributed by atoms with Crippen LogP contribution in [0.5, 0.6) is 0 Å². The number of hydrogen-bond donors (Lipinski definition) is 0. The van der Waals surface area contributed by atoms with Crippen LogP contribution in [0.2, 0.25) is 4.34 Å². The molecule has 0 aliphatic heterocycles. The number of rotatable bonds is 3. The molecule has 0 bridgehead atoms. The first-order valence-electron chi connectivity index (χ1n) is 3.32. The van der Waals surface area contributed by atoms with Crippen LogP contribution < -0.4 is 0 Å². The van der Waals surface area contributed by atoms with Gasteiger partial charge in [0.1, 0.15) is 0 Å². The van der Waals surface area contributed by atoms with Crippen LogP contribution in [0, 0.1) is 6.92 Å². The molecule has 0 saturated heterocycles. The van der Waals surface area contributed by atoms with Crippen molar-refractivity contribution in [2.45, 2.75) is 11.7 Å². The SMILES string of the molecule is [CH2]C(Cc1ccc(Cl)s1)SC. The molecule has 0 aliphatic rings. The van der Waals surface area contributed by atoms with Gasteiger partial charge in [0, 0.05) is 10.1 Å². The maximum Gasteiger partial charge on any atom is 0.0931 e. The zero-order chi connectivity index (χ0) is 8.27. The van der Waals surface area contributed by atoms with E-state index >= 15 is 0 Å². The minimum Gasteiger partial charge on any atom is -0.162 e. The van der Waals surface area contributed by atoms with Gasteiger partial charge in [0.2, 0.25) is 0 Å². The lowest BCUT2D eigenvalue weighted by Gasteiger charge is -2.03. The maximum absolute atomic E-state index is 5.78. The summed E-state index contributed by atoms with van der Waals surface area (Å²) in [5.74, 6) is 0. The molecule has 0 N–H and O–H groups in total. The van der Waals surface area contributed by atoms with E-state index in [0.717, 1.165) is 10.8 Å². The molecule has 0 saturated carbocycles. The highest BCUT2D eigenvalue weighted by Crippen LogP contribution is 2.24. The topological polar surface area (TPSA) is 0 Å². The van der Waals surface area contributed by atoms with Crippen LogP contribution in [0.4, 0.5) is 0 Å². The fourth-order valence-electron chi connectivity index (χ4n) is 0.769. The van der Waals surface area contributed by atoms with Crippen molar-refractivity contribution in [2.24, 2.45) is 0 Å². The average molecular weight is 206 g/mol. The van der Waals surface area contributed by atoms with Crippen molar-refractivity contribution in [3.05, 3.63) is 28.3 Å². The highest BCUT2D eigenvalue weighted by atomic mass is 35.5. The summed E-state index contributed by atoms with van der Waals surface area (Å²) in [6.07, 6.45) is 3.10. The largest absolute Gasteiger partial charge is 0.162 e. The fraction of sp³-hybridized carbons (Fsp3) is 0.375. The van der Waals surface area contributed by atoms with Gasteiger partial charge in [-0.1, -0.05) is 11.6 Å². The second kappa shape index (κ2) is 4.39. The zero-order valence-electron chi connectivity index (χ0n) is 6.34. The number of thioether (sulfide) groups is 1. The predicted molar refractivity (Wildman–Crippen MR) is 55.7 cm³/mol. The van der Waals surface area contributed by atoms with E-state index in [1.807, 2.05) is 6.07 Å². The van der Waals surface area contributed by atoms with Crippen molar-refractivity contribution in [2.75, 3.05) is 6.26 Å².